The van der Waals surface area contributed by atoms with E-state index in [9.17, 15) is 14.7 Å². The SMILES string of the molecule is O=C(C[C@@H](CN1CCCCC1)C(=O)O)Nc1ccc2c(c1)OCO2. The van der Waals surface area contributed by atoms with E-state index in [2.05, 4.69) is 10.2 Å². The summed E-state index contributed by atoms with van der Waals surface area (Å²) in [6.45, 7) is 2.41. The van der Waals surface area contributed by atoms with Gasteiger partial charge in [-0.3, -0.25) is 9.59 Å². The summed E-state index contributed by atoms with van der Waals surface area (Å²) in [6.07, 6.45) is 3.34. The summed E-state index contributed by atoms with van der Waals surface area (Å²) in [5.41, 5.74) is 0.575. The number of aliphatic carboxylic acids is 1. The van der Waals surface area contributed by atoms with Crippen LogP contribution in [-0.4, -0.2) is 48.3 Å². The highest BCUT2D eigenvalue weighted by molar-refractivity contribution is 5.93. The number of carboxylic acid groups (broad SMARTS) is 1. The molecular formula is C17H22N2O5. The first-order chi connectivity index (χ1) is 11.6. The van der Waals surface area contributed by atoms with Crippen molar-refractivity contribution in [2.75, 3.05) is 31.7 Å². The molecule has 2 heterocycles. The number of hydrogen-bond acceptors (Lipinski definition) is 5. The highest BCUT2D eigenvalue weighted by atomic mass is 16.7. The number of anilines is 1. The number of piperidine rings is 1. The van der Waals surface area contributed by atoms with E-state index < -0.39 is 11.9 Å². The number of likely N-dealkylation sites (tertiary alicyclic amines) is 1. The zero-order chi connectivity index (χ0) is 16.9. The molecule has 1 fully saturated rings. The summed E-state index contributed by atoms with van der Waals surface area (Å²) < 4.78 is 10.5. The highest BCUT2D eigenvalue weighted by Crippen LogP contribution is 2.34. The third kappa shape index (κ3) is 4.17. The molecule has 0 aliphatic carbocycles. The number of hydrogen-bond donors (Lipinski definition) is 2. The van der Waals surface area contributed by atoms with E-state index in [0.717, 1.165) is 25.9 Å². The Balaban J connectivity index is 1.56. The van der Waals surface area contributed by atoms with Crippen LogP contribution in [0.1, 0.15) is 25.7 Å². The van der Waals surface area contributed by atoms with Gasteiger partial charge in [0.25, 0.3) is 0 Å². The summed E-state index contributed by atoms with van der Waals surface area (Å²) in [6, 6.07) is 5.12. The maximum Gasteiger partial charge on any atom is 0.308 e. The molecule has 1 atom stereocenters. The Bertz CT molecular complexity index is 613. The number of carbonyl (C=O) groups is 2. The summed E-state index contributed by atoms with van der Waals surface area (Å²) in [5, 5.41) is 12.1. The average molecular weight is 334 g/mol. The van der Waals surface area contributed by atoms with Gasteiger partial charge in [-0.15, -0.1) is 0 Å². The lowest BCUT2D eigenvalue weighted by molar-refractivity contribution is -0.144. The topological polar surface area (TPSA) is 88.1 Å². The number of fused-ring (bicyclic) bond motifs is 1. The van der Waals surface area contributed by atoms with Gasteiger partial charge in [0.05, 0.1) is 5.92 Å². The fraction of sp³-hybridized carbons (Fsp3) is 0.529. The molecule has 1 amide bonds. The predicted molar refractivity (Wildman–Crippen MR) is 87.2 cm³/mol. The third-order valence-corrected chi connectivity index (χ3v) is 4.36. The molecule has 24 heavy (non-hydrogen) atoms. The largest absolute Gasteiger partial charge is 0.481 e. The fourth-order valence-corrected chi connectivity index (χ4v) is 3.09. The summed E-state index contributed by atoms with van der Waals surface area (Å²) in [7, 11) is 0. The quantitative estimate of drug-likeness (QED) is 0.826. The zero-order valence-corrected chi connectivity index (χ0v) is 13.5. The van der Waals surface area contributed by atoms with Crippen molar-refractivity contribution in [1.82, 2.24) is 4.90 Å². The molecule has 0 saturated carbocycles. The molecule has 0 unspecified atom stereocenters. The zero-order valence-electron chi connectivity index (χ0n) is 13.5. The Morgan fingerprint density at radius 1 is 1.17 bits per heavy atom. The second-order valence-electron chi connectivity index (χ2n) is 6.22. The molecule has 1 saturated heterocycles. The van der Waals surface area contributed by atoms with Crippen molar-refractivity contribution in [3.8, 4) is 11.5 Å². The van der Waals surface area contributed by atoms with E-state index in [0.29, 0.717) is 23.7 Å². The van der Waals surface area contributed by atoms with Crippen molar-refractivity contribution in [3.05, 3.63) is 18.2 Å². The number of nitrogens with zero attached hydrogens (tertiary/aromatic N) is 1. The molecule has 0 radical (unpaired) electrons. The van der Waals surface area contributed by atoms with Crippen LogP contribution in [0.5, 0.6) is 11.5 Å². The predicted octanol–water partition coefficient (Wildman–Crippen LogP) is 1.93. The van der Waals surface area contributed by atoms with E-state index in [4.69, 9.17) is 9.47 Å². The van der Waals surface area contributed by atoms with Crippen LogP contribution >= 0.6 is 0 Å². The molecule has 1 aromatic rings. The molecular weight excluding hydrogens is 312 g/mol. The molecule has 7 nitrogen and oxygen atoms in total. The van der Waals surface area contributed by atoms with Crippen molar-refractivity contribution in [1.29, 1.82) is 0 Å². The minimum atomic E-state index is -0.929. The van der Waals surface area contributed by atoms with Gasteiger partial charge in [0, 0.05) is 24.7 Å². The molecule has 1 aromatic carbocycles. The number of carboxylic acids is 1. The normalized spacial score (nSPS) is 18.2. The molecule has 2 aliphatic heterocycles. The molecule has 130 valence electrons. The number of benzene rings is 1. The Hall–Kier alpha value is -2.28. The van der Waals surface area contributed by atoms with Crippen LogP contribution < -0.4 is 14.8 Å². The molecule has 0 bridgehead atoms. The van der Waals surface area contributed by atoms with E-state index in [-0.39, 0.29) is 19.1 Å². The number of amides is 1. The average Bonchev–Trinajstić information content (AvgIpc) is 3.02. The Morgan fingerprint density at radius 3 is 2.67 bits per heavy atom. The van der Waals surface area contributed by atoms with Gasteiger partial charge in [-0.05, 0) is 38.1 Å². The molecule has 0 spiro atoms. The van der Waals surface area contributed by atoms with E-state index in [1.807, 2.05) is 0 Å². The van der Waals surface area contributed by atoms with Crippen LogP contribution in [0.4, 0.5) is 5.69 Å². The number of rotatable bonds is 6. The minimum Gasteiger partial charge on any atom is -0.481 e. The minimum absolute atomic E-state index is 0.0414. The monoisotopic (exact) mass is 334 g/mol. The maximum atomic E-state index is 12.2. The second kappa shape index (κ2) is 7.53. The van der Waals surface area contributed by atoms with Crippen LogP contribution in [0.3, 0.4) is 0 Å². The van der Waals surface area contributed by atoms with Gasteiger partial charge in [-0.25, -0.2) is 0 Å². The molecule has 3 rings (SSSR count). The van der Waals surface area contributed by atoms with Gasteiger partial charge in [0.1, 0.15) is 0 Å². The van der Waals surface area contributed by atoms with Crippen molar-refractivity contribution < 1.29 is 24.2 Å². The van der Waals surface area contributed by atoms with Crippen LogP contribution in [0.2, 0.25) is 0 Å². The van der Waals surface area contributed by atoms with Gasteiger partial charge in [0.15, 0.2) is 11.5 Å². The first-order valence-electron chi connectivity index (χ1n) is 8.26. The van der Waals surface area contributed by atoms with Gasteiger partial charge in [0.2, 0.25) is 12.7 Å². The lowest BCUT2D eigenvalue weighted by atomic mass is 10.0. The van der Waals surface area contributed by atoms with Crippen LogP contribution in [0.25, 0.3) is 0 Å². The van der Waals surface area contributed by atoms with Crippen molar-refractivity contribution in [3.63, 3.8) is 0 Å². The smallest absolute Gasteiger partial charge is 0.308 e. The van der Waals surface area contributed by atoms with Crippen LogP contribution in [0.15, 0.2) is 18.2 Å². The van der Waals surface area contributed by atoms with E-state index in [1.54, 1.807) is 18.2 Å². The highest BCUT2D eigenvalue weighted by Gasteiger charge is 2.25. The Labute approximate surface area is 140 Å². The number of ether oxygens (including phenoxy) is 2. The number of nitrogens with one attached hydrogen (secondary N) is 1. The summed E-state index contributed by atoms with van der Waals surface area (Å²) in [5.74, 6) is -0.714. The van der Waals surface area contributed by atoms with Crippen molar-refractivity contribution >= 4 is 17.6 Å². The van der Waals surface area contributed by atoms with Gasteiger partial charge in [-0.1, -0.05) is 6.42 Å². The maximum absolute atomic E-state index is 12.2. The van der Waals surface area contributed by atoms with Gasteiger partial charge >= 0.3 is 5.97 Å². The second-order valence-corrected chi connectivity index (χ2v) is 6.22. The van der Waals surface area contributed by atoms with E-state index >= 15 is 0 Å². The third-order valence-electron chi connectivity index (χ3n) is 4.36. The van der Waals surface area contributed by atoms with Crippen molar-refractivity contribution in [2.24, 2.45) is 5.92 Å². The van der Waals surface area contributed by atoms with Gasteiger partial charge in [-0.2, -0.15) is 0 Å². The van der Waals surface area contributed by atoms with Gasteiger partial charge < -0.3 is 24.8 Å². The van der Waals surface area contributed by atoms with Crippen molar-refractivity contribution in [2.45, 2.75) is 25.7 Å². The molecule has 0 aromatic heterocycles. The van der Waals surface area contributed by atoms with Crippen LogP contribution in [-0.2, 0) is 9.59 Å². The lowest BCUT2D eigenvalue weighted by Crippen LogP contribution is -2.38. The van der Waals surface area contributed by atoms with E-state index in [1.165, 1.54) is 6.42 Å². The number of carbonyl (C=O) groups excluding carboxylic acids is 1. The first-order valence-corrected chi connectivity index (χ1v) is 8.26. The fourth-order valence-electron chi connectivity index (χ4n) is 3.09. The Morgan fingerprint density at radius 2 is 1.92 bits per heavy atom. The first kappa shape index (κ1) is 16.6. The lowest BCUT2D eigenvalue weighted by Gasteiger charge is -2.28. The summed E-state index contributed by atoms with van der Waals surface area (Å²) in [4.78, 5) is 25.8. The molecule has 2 N–H and O–H groups in total. The standard InChI is InChI=1S/C17H22N2O5/c20-16(18-13-4-5-14-15(9-13)24-11-23-14)8-12(17(21)22)10-19-6-2-1-3-7-19/h4-5,9,12H,1-3,6-8,10-11H2,(H,18,20)(H,21,22)/t12-/m0/s1. The Kier molecular flexibility index (Phi) is 5.20. The molecule has 7 heteroatoms. The van der Waals surface area contributed by atoms with Crippen LogP contribution in [0, 0.1) is 5.92 Å². The molecule has 2 aliphatic rings. The summed E-state index contributed by atoms with van der Waals surface area (Å²) >= 11 is 0.